The third-order valence-corrected chi connectivity index (χ3v) is 3.38. The SMILES string of the molecule is CC(CC(=O)O)c1cncc2c1CCN(C)C2. The first kappa shape index (κ1) is 12.0. The molecule has 2 heterocycles. The number of rotatable bonds is 3. The lowest BCUT2D eigenvalue weighted by Crippen LogP contribution is -2.28. The fraction of sp³-hybridized carbons (Fsp3) is 0.538. The molecule has 0 radical (unpaired) electrons. The number of aromatic nitrogens is 1. The summed E-state index contributed by atoms with van der Waals surface area (Å²) < 4.78 is 0. The maximum atomic E-state index is 10.8. The molecule has 1 N–H and O–H groups in total. The minimum absolute atomic E-state index is 0.0401. The number of carbonyl (C=O) groups is 1. The number of fused-ring (bicyclic) bond motifs is 1. The number of pyridine rings is 1. The summed E-state index contributed by atoms with van der Waals surface area (Å²) in [6, 6.07) is 0. The molecule has 0 amide bonds. The minimum Gasteiger partial charge on any atom is -0.481 e. The zero-order valence-corrected chi connectivity index (χ0v) is 10.3. The molecule has 1 atom stereocenters. The summed E-state index contributed by atoms with van der Waals surface area (Å²) in [5, 5.41) is 8.86. The molecule has 0 bridgehead atoms. The number of carboxylic acids is 1. The van der Waals surface area contributed by atoms with Crippen molar-refractivity contribution in [2.45, 2.75) is 32.2 Å². The van der Waals surface area contributed by atoms with Crippen molar-refractivity contribution in [2.24, 2.45) is 0 Å². The van der Waals surface area contributed by atoms with Crippen LogP contribution in [0.15, 0.2) is 12.4 Å². The number of hydrogen-bond acceptors (Lipinski definition) is 3. The summed E-state index contributed by atoms with van der Waals surface area (Å²) >= 11 is 0. The van der Waals surface area contributed by atoms with E-state index < -0.39 is 5.97 Å². The van der Waals surface area contributed by atoms with Gasteiger partial charge in [0.05, 0.1) is 6.42 Å². The normalized spacial score (nSPS) is 17.5. The molecule has 17 heavy (non-hydrogen) atoms. The highest BCUT2D eigenvalue weighted by molar-refractivity contribution is 5.68. The van der Waals surface area contributed by atoms with Crippen molar-refractivity contribution in [3.8, 4) is 0 Å². The fourth-order valence-corrected chi connectivity index (χ4v) is 2.46. The molecule has 0 fully saturated rings. The van der Waals surface area contributed by atoms with Gasteiger partial charge in [-0.15, -0.1) is 0 Å². The maximum absolute atomic E-state index is 10.8. The second kappa shape index (κ2) is 4.84. The third-order valence-electron chi connectivity index (χ3n) is 3.38. The van der Waals surface area contributed by atoms with Gasteiger partial charge in [-0.05, 0) is 36.1 Å². The van der Waals surface area contributed by atoms with Crippen LogP contribution in [0.5, 0.6) is 0 Å². The zero-order chi connectivity index (χ0) is 12.4. The molecule has 1 aliphatic heterocycles. The number of nitrogens with zero attached hydrogens (tertiary/aromatic N) is 2. The lowest BCUT2D eigenvalue weighted by atomic mass is 9.89. The van der Waals surface area contributed by atoms with E-state index in [1.54, 1.807) is 0 Å². The molecule has 1 unspecified atom stereocenters. The van der Waals surface area contributed by atoms with Crippen molar-refractivity contribution in [3.63, 3.8) is 0 Å². The van der Waals surface area contributed by atoms with Crippen LogP contribution in [0.2, 0.25) is 0 Å². The first-order valence-corrected chi connectivity index (χ1v) is 5.94. The highest BCUT2D eigenvalue weighted by Crippen LogP contribution is 2.28. The van der Waals surface area contributed by atoms with Gasteiger partial charge in [0.2, 0.25) is 0 Å². The summed E-state index contributed by atoms with van der Waals surface area (Å²) in [6.45, 7) is 3.91. The average molecular weight is 234 g/mol. The maximum Gasteiger partial charge on any atom is 0.303 e. The van der Waals surface area contributed by atoms with Crippen molar-refractivity contribution in [3.05, 3.63) is 29.1 Å². The molecular formula is C13H18N2O2. The number of aliphatic carboxylic acids is 1. The quantitative estimate of drug-likeness (QED) is 0.864. The van der Waals surface area contributed by atoms with E-state index in [1.807, 2.05) is 19.3 Å². The molecule has 4 heteroatoms. The molecule has 1 aliphatic rings. The smallest absolute Gasteiger partial charge is 0.303 e. The molecule has 4 nitrogen and oxygen atoms in total. The van der Waals surface area contributed by atoms with Gasteiger partial charge in [-0.1, -0.05) is 6.92 Å². The topological polar surface area (TPSA) is 53.4 Å². The molecule has 1 aromatic heterocycles. The van der Waals surface area contributed by atoms with Crippen molar-refractivity contribution in [2.75, 3.05) is 13.6 Å². The number of carboxylic acid groups (broad SMARTS) is 1. The second-order valence-corrected chi connectivity index (χ2v) is 4.85. The van der Waals surface area contributed by atoms with Gasteiger partial charge in [0.1, 0.15) is 0 Å². The molecule has 0 aromatic carbocycles. The van der Waals surface area contributed by atoms with Crippen LogP contribution >= 0.6 is 0 Å². The van der Waals surface area contributed by atoms with Crippen LogP contribution in [0.1, 0.15) is 36.0 Å². The van der Waals surface area contributed by atoms with Crippen molar-refractivity contribution >= 4 is 5.97 Å². The van der Waals surface area contributed by atoms with Gasteiger partial charge < -0.3 is 10.0 Å². The van der Waals surface area contributed by atoms with E-state index in [0.29, 0.717) is 0 Å². The highest BCUT2D eigenvalue weighted by Gasteiger charge is 2.20. The van der Waals surface area contributed by atoms with Crippen molar-refractivity contribution in [1.29, 1.82) is 0 Å². The average Bonchev–Trinajstić information content (AvgIpc) is 2.26. The Bertz CT molecular complexity index is 431. The third kappa shape index (κ3) is 2.64. The Morgan fingerprint density at radius 3 is 3.06 bits per heavy atom. The molecule has 0 aliphatic carbocycles. The number of likely N-dealkylation sites (N-methyl/N-ethyl adjacent to an activating group) is 1. The van der Waals surface area contributed by atoms with Crippen LogP contribution in [-0.4, -0.2) is 34.6 Å². The molecular weight excluding hydrogens is 216 g/mol. The zero-order valence-electron chi connectivity index (χ0n) is 10.3. The highest BCUT2D eigenvalue weighted by atomic mass is 16.4. The lowest BCUT2D eigenvalue weighted by molar-refractivity contribution is -0.137. The van der Waals surface area contributed by atoms with E-state index in [0.717, 1.165) is 25.1 Å². The van der Waals surface area contributed by atoms with Gasteiger partial charge in [0.15, 0.2) is 0 Å². The van der Waals surface area contributed by atoms with Crippen LogP contribution in [-0.2, 0) is 17.8 Å². The standard InChI is InChI=1S/C13H18N2O2/c1-9(5-13(16)17)12-7-14-6-10-8-15(2)4-3-11(10)12/h6-7,9H,3-5,8H2,1-2H3,(H,16,17). The van der Waals surface area contributed by atoms with Gasteiger partial charge in [-0.3, -0.25) is 9.78 Å². The van der Waals surface area contributed by atoms with Crippen LogP contribution in [0.25, 0.3) is 0 Å². The largest absolute Gasteiger partial charge is 0.481 e. The summed E-state index contributed by atoms with van der Waals surface area (Å²) in [6.07, 6.45) is 4.90. The van der Waals surface area contributed by atoms with Crippen LogP contribution in [0.4, 0.5) is 0 Å². The van der Waals surface area contributed by atoms with Gasteiger partial charge in [-0.25, -0.2) is 0 Å². The summed E-state index contributed by atoms with van der Waals surface area (Å²) in [5.41, 5.74) is 3.67. The van der Waals surface area contributed by atoms with E-state index in [2.05, 4.69) is 16.9 Å². The Balaban J connectivity index is 2.29. The van der Waals surface area contributed by atoms with Crippen LogP contribution in [0, 0.1) is 0 Å². The van der Waals surface area contributed by atoms with Crippen LogP contribution in [0.3, 0.4) is 0 Å². The summed E-state index contributed by atoms with van der Waals surface area (Å²) in [5.74, 6) is -0.707. The van der Waals surface area contributed by atoms with Gasteiger partial charge in [-0.2, -0.15) is 0 Å². The molecule has 0 spiro atoms. The number of hydrogen-bond donors (Lipinski definition) is 1. The first-order valence-electron chi connectivity index (χ1n) is 5.94. The second-order valence-electron chi connectivity index (χ2n) is 4.85. The Hall–Kier alpha value is -1.42. The molecule has 2 rings (SSSR count). The molecule has 0 saturated heterocycles. The van der Waals surface area contributed by atoms with E-state index in [4.69, 9.17) is 5.11 Å². The summed E-state index contributed by atoms with van der Waals surface area (Å²) in [7, 11) is 2.09. The molecule has 0 saturated carbocycles. The Morgan fingerprint density at radius 1 is 1.59 bits per heavy atom. The van der Waals surface area contributed by atoms with Crippen molar-refractivity contribution < 1.29 is 9.90 Å². The fourth-order valence-electron chi connectivity index (χ4n) is 2.46. The molecule has 1 aromatic rings. The Labute approximate surface area is 101 Å². The van der Waals surface area contributed by atoms with E-state index in [9.17, 15) is 4.79 Å². The molecule has 92 valence electrons. The lowest BCUT2D eigenvalue weighted by Gasteiger charge is -2.27. The monoisotopic (exact) mass is 234 g/mol. The van der Waals surface area contributed by atoms with Crippen molar-refractivity contribution in [1.82, 2.24) is 9.88 Å². The predicted molar refractivity (Wildman–Crippen MR) is 64.9 cm³/mol. The summed E-state index contributed by atoms with van der Waals surface area (Å²) in [4.78, 5) is 17.3. The van der Waals surface area contributed by atoms with Gasteiger partial charge >= 0.3 is 5.97 Å². The van der Waals surface area contributed by atoms with Crippen LogP contribution < -0.4 is 0 Å². The van der Waals surface area contributed by atoms with E-state index >= 15 is 0 Å². The van der Waals surface area contributed by atoms with E-state index in [-0.39, 0.29) is 12.3 Å². The Kier molecular flexibility index (Phi) is 3.43. The van der Waals surface area contributed by atoms with E-state index in [1.165, 1.54) is 11.1 Å². The van der Waals surface area contributed by atoms with Gasteiger partial charge in [0, 0.05) is 25.5 Å². The predicted octanol–water partition coefficient (Wildman–Crippen LogP) is 1.65. The first-order chi connectivity index (χ1) is 8.08. The minimum atomic E-state index is -0.747. The Morgan fingerprint density at radius 2 is 2.35 bits per heavy atom. The van der Waals surface area contributed by atoms with Gasteiger partial charge in [0.25, 0.3) is 0 Å².